The lowest BCUT2D eigenvalue weighted by Gasteiger charge is -2.36. The van der Waals surface area contributed by atoms with E-state index in [1.54, 1.807) is 0 Å². The van der Waals surface area contributed by atoms with Crippen molar-refractivity contribution in [3.8, 4) is 0 Å². The summed E-state index contributed by atoms with van der Waals surface area (Å²) in [5.74, 6) is -5.44. The Morgan fingerprint density at radius 3 is 2.14 bits per heavy atom. The van der Waals surface area contributed by atoms with Gasteiger partial charge in [-0.1, -0.05) is 34.1 Å². The molecule has 0 aliphatic heterocycles. The van der Waals surface area contributed by atoms with E-state index in [1.807, 2.05) is 0 Å². The zero-order valence-electron chi connectivity index (χ0n) is 10.8. The lowest BCUT2D eigenvalue weighted by molar-refractivity contribution is -0.337. The fourth-order valence-electron chi connectivity index (χ4n) is 1.99. The number of rotatable bonds is 3. The topological polar surface area (TPSA) is 33.1 Å². The number of nitrogens with zero attached hydrogens (tertiary/aromatic N) is 1. The van der Waals surface area contributed by atoms with Gasteiger partial charge in [0.05, 0.1) is 5.69 Å². The molecule has 1 aromatic heterocycles. The number of hydrogen-bond acceptors (Lipinski definition) is 2. The first-order chi connectivity index (χ1) is 10.1. The molecule has 8 heteroatoms. The molecule has 0 saturated carbocycles. The van der Waals surface area contributed by atoms with Crippen molar-refractivity contribution in [3.63, 3.8) is 0 Å². The second kappa shape index (κ2) is 5.58. The molecule has 1 N–H and O–H groups in total. The van der Waals surface area contributed by atoms with Gasteiger partial charge >= 0.3 is 12.1 Å². The Kier molecular flexibility index (Phi) is 4.27. The molecule has 2 rings (SSSR count). The average Bonchev–Trinajstić information content (AvgIpc) is 2.46. The summed E-state index contributed by atoms with van der Waals surface area (Å²) in [5.41, 5.74) is -5.06. The Bertz CT molecular complexity index is 662. The normalized spacial score (nSPS) is 15.4. The van der Waals surface area contributed by atoms with E-state index < -0.39 is 29.0 Å². The molecule has 0 amide bonds. The molecule has 0 saturated heterocycles. The molecule has 0 spiro atoms. The van der Waals surface area contributed by atoms with Crippen LogP contribution in [0.3, 0.4) is 0 Å². The van der Waals surface area contributed by atoms with Crippen LogP contribution >= 0.6 is 15.9 Å². The maximum Gasteiger partial charge on any atom is 0.457 e. The molecule has 0 aliphatic rings. The van der Waals surface area contributed by atoms with Gasteiger partial charge in [-0.3, -0.25) is 4.98 Å². The molecule has 0 bridgehead atoms. The van der Waals surface area contributed by atoms with Crippen molar-refractivity contribution in [2.24, 2.45) is 0 Å². The maximum absolute atomic E-state index is 14.1. The summed E-state index contributed by atoms with van der Waals surface area (Å²) in [5, 5.41) is 10.4. The number of alkyl halides is 5. The van der Waals surface area contributed by atoms with E-state index in [1.165, 1.54) is 24.3 Å². The number of pyridine rings is 1. The third kappa shape index (κ3) is 2.61. The first kappa shape index (κ1) is 16.8. The van der Waals surface area contributed by atoms with E-state index in [9.17, 15) is 27.1 Å². The summed E-state index contributed by atoms with van der Waals surface area (Å²) in [6.45, 7) is 0. The Morgan fingerprint density at radius 2 is 1.64 bits per heavy atom. The molecule has 0 aliphatic carbocycles. The van der Waals surface area contributed by atoms with Gasteiger partial charge in [-0.2, -0.15) is 22.0 Å². The lowest BCUT2D eigenvalue weighted by Crippen LogP contribution is -2.56. The average molecular weight is 382 g/mol. The van der Waals surface area contributed by atoms with Crippen LogP contribution in [0, 0.1) is 0 Å². The van der Waals surface area contributed by atoms with Crippen LogP contribution < -0.4 is 0 Å². The number of aromatic nitrogens is 1. The number of hydrogen-bond donors (Lipinski definition) is 1. The minimum absolute atomic E-state index is 0.248. The summed E-state index contributed by atoms with van der Waals surface area (Å²) in [7, 11) is 0. The predicted octanol–water partition coefficient (Wildman–Crippen LogP) is 4.28. The maximum atomic E-state index is 14.1. The van der Waals surface area contributed by atoms with Gasteiger partial charge in [0.1, 0.15) is 0 Å². The van der Waals surface area contributed by atoms with Gasteiger partial charge in [-0.05, 0) is 29.8 Å². The third-order valence-corrected chi connectivity index (χ3v) is 3.58. The first-order valence-electron chi connectivity index (χ1n) is 5.95. The van der Waals surface area contributed by atoms with E-state index in [4.69, 9.17) is 0 Å². The van der Waals surface area contributed by atoms with Gasteiger partial charge in [0.2, 0.25) is 5.60 Å². The SMILES string of the molecule is OC(c1cccc(Br)c1)(c1ccccn1)C(F)(F)C(F)(F)F. The van der Waals surface area contributed by atoms with Crippen molar-refractivity contribution < 1.29 is 27.1 Å². The van der Waals surface area contributed by atoms with Gasteiger partial charge in [0.15, 0.2) is 0 Å². The zero-order chi connectivity index (χ0) is 16.6. The highest BCUT2D eigenvalue weighted by Crippen LogP contribution is 2.51. The number of benzene rings is 1. The molecule has 2 nitrogen and oxygen atoms in total. The van der Waals surface area contributed by atoms with Crippen LogP contribution in [-0.4, -0.2) is 22.2 Å². The lowest BCUT2D eigenvalue weighted by atomic mass is 9.83. The fraction of sp³-hybridized carbons (Fsp3) is 0.214. The highest BCUT2D eigenvalue weighted by Gasteiger charge is 2.71. The van der Waals surface area contributed by atoms with Crippen LogP contribution in [0.2, 0.25) is 0 Å². The Labute approximate surface area is 130 Å². The second-order valence-corrected chi connectivity index (χ2v) is 5.42. The van der Waals surface area contributed by atoms with Gasteiger partial charge in [-0.15, -0.1) is 0 Å². The monoisotopic (exact) mass is 381 g/mol. The molecule has 1 atom stereocenters. The van der Waals surface area contributed by atoms with E-state index in [2.05, 4.69) is 20.9 Å². The van der Waals surface area contributed by atoms with E-state index >= 15 is 0 Å². The second-order valence-electron chi connectivity index (χ2n) is 4.51. The van der Waals surface area contributed by atoms with Crippen LogP contribution in [0.5, 0.6) is 0 Å². The minimum atomic E-state index is -5.96. The quantitative estimate of drug-likeness (QED) is 0.805. The van der Waals surface area contributed by atoms with Crippen LogP contribution in [0.15, 0.2) is 53.1 Å². The summed E-state index contributed by atoms with van der Waals surface area (Å²) < 4.78 is 66.9. The van der Waals surface area contributed by atoms with Crippen molar-refractivity contribution in [2.45, 2.75) is 17.7 Å². The molecule has 1 aromatic carbocycles. The van der Waals surface area contributed by atoms with Crippen LogP contribution in [-0.2, 0) is 5.60 Å². The standard InChI is InChI=1S/C14H9BrF5NO/c15-10-5-3-4-9(8-10)12(22,11-6-1-2-7-21-11)13(16,17)14(18,19)20/h1-8,22H. The van der Waals surface area contributed by atoms with Crippen LogP contribution in [0.25, 0.3) is 0 Å². The molecule has 0 radical (unpaired) electrons. The smallest absolute Gasteiger partial charge is 0.373 e. The summed E-state index contributed by atoms with van der Waals surface area (Å²) >= 11 is 2.99. The van der Waals surface area contributed by atoms with Crippen LogP contribution in [0.4, 0.5) is 22.0 Å². The van der Waals surface area contributed by atoms with Gasteiger partial charge in [0, 0.05) is 10.7 Å². The number of halogens is 6. The van der Waals surface area contributed by atoms with Gasteiger partial charge in [-0.25, -0.2) is 0 Å². The molecule has 1 unspecified atom stereocenters. The third-order valence-electron chi connectivity index (χ3n) is 3.09. The Balaban J connectivity index is 2.76. The molecular formula is C14H9BrF5NO. The minimum Gasteiger partial charge on any atom is -0.373 e. The van der Waals surface area contributed by atoms with Crippen molar-refractivity contribution in [1.82, 2.24) is 4.98 Å². The van der Waals surface area contributed by atoms with E-state index in [-0.39, 0.29) is 4.47 Å². The Hall–Kier alpha value is -1.54. The van der Waals surface area contributed by atoms with Crippen molar-refractivity contribution in [3.05, 3.63) is 64.4 Å². The first-order valence-corrected chi connectivity index (χ1v) is 6.74. The van der Waals surface area contributed by atoms with Crippen molar-refractivity contribution >= 4 is 15.9 Å². The largest absolute Gasteiger partial charge is 0.457 e. The van der Waals surface area contributed by atoms with E-state index in [0.29, 0.717) is 0 Å². The molecular weight excluding hydrogens is 373 g/mol. The fourth-order valence-corrected chi connectivity index (χ4v) is 2.38. The molecule has 0 fully saturated rings. The molecule has 118 valence electrons. The highest BCUT2D eigenvalue weighted by atomic mass is 79.9. The van der Waals surface area contributed by atoms with E-state index in [0.717, 1.165) is 24.4 Å². The summed E-state index contributed by atoms with van der Waals surface area (Å²) in [4.78, 5) is 3.49. The Morgan fingerprint density at radius 1 is 0.955 bits per heavy atom. The summed E-state index contributed by atoms with van der Waals surface area (Å²) in [6, 6.07) is 8.15. The van der Waals surface area contributed by atoms with Gasteiger partial charge in [0.25, 0.3) is 0 Å². The molecule has 2 aromatic rings. The van der Waals surface area contributed by atoms with Crippen molar-refractivity contribution in [2.75, 3.05) is 0 Å². The highest BCUT2D eigenvalue weighted by molar-refractivity contribution is 9.10. The van der Waals surface area contributed by atoms with Crippen LogP contribution in [0.1, 0.15) is 11.3 Å². The van der Waals surface area contributed by atoms with Crippen molar-refractivity contribution in [1.29, 1.82) is 0 Å². The van der Waals surface area contributed by atoms with Gasteiger partial charge < -0.3 is 5.11 Å². The zero-order valence-corrected chi connectivity index (χ0v) is 12.4. The predicted molar refractivity (Wildman–Crippen MR) is 72.4 cm³/mol. The molecule has 22 heavy (non-hydrogen) atoms. The molecule has 1 heterocycles. The number of aliphatic hydroxyl groups is 1. The summed E-state index contributed by atoms with van der Waals surface area (Å²) in [6.07, 6.45) is -4.92.